The van der Waals surface area contributed by atoms with Crippen molar-refractivity contribution in [1.29, 1.82) is 0 Å². The third-order valence-electron chi connectivity index (χ3n) is 3.41. The predicted molar refractivity (Wildman–Crippen MR) is 111 cm³/mol. The van der Waals surface area contributed by atoms with E-state index < -0.39 is 11.9 Å². The summed E-state index contributed by atoms with van der Waals surface area (Å²) in [5, 5.41) is 0.588. The van der Waals surface area contributed by atoms with Crippen molar-refractivity contribution in [2.24, 2.45) is 4.99 Å². The summed E-state index contributed by atoms with van der Waals surface area (Å²) < 4.78 is 7.85. The first kappa shape index (κ1) is 20.6. The number of ether oxygens (including phenoxy) is 1. The molecule has 11 heteroatoms. The average Bonchev–Trinajstić information content (AvgIpc) is 3.11. The fourth-order valence-corrected chi connectivity index (χ4v) is 5.26. The maximum atomic E-state index is 12.6. The van der Waals surface area contributed by atoms with Gasteiger partial charge in [0.05, 0.1) is 36.8 Å². The van der Waals surface area contributed by atoms with Gasteiger partial charge in [-0.2, -0.15) is 4.99 Å². The number of aromatic nitrogens is 1. The Morgan fingerprint density at radius 2 is 1.93 bits per heavy atom. The van der Waals surface area contributed by atoms with Crippen molar-refractivity contribution in [3.63, 3.8) is 0 Å². The zero-order valence-corrected chi connectivity index (χ0v) is 18.3. The van der Waals surface area contributed by atoms with Gasteiger partial charge in [0.2, 0.25) is 0 Å². The van der Waals surface area contributed by atoms with Crippen LogP contribution in [0.4, 0.5) is 0 Å². The molecule has 5 nitrogen and oxygen atoms in total. The SMILES string of the molecule is CCOC(=O)Cn1c(=NC(=O)c2cc(Cl)sc2Cl)sc2ccc(Cl)c(Cl)c21. The summed E-state index contributed by atoms with van der Waals surface area (Å²) in [5.74, 6) is -1.06. The molecule has 0 aliphatic rings. The molecule has 0 aliphatic carbocycles. The van der Waals surface area contributed by atoms with Crippen LogP contribution in [0.15, 0.2) is 23.2 Å². The summed E-state index contributed by atoms with van der Waals surface area (Å²) in [6.45, 7) is 1.76. The normalized spacial score (nSPS) is 12.0. The van der Waals surface area contributed by atoms with E-state index in [-0.39, 0.29) is 32.9 Å². The van der Waals surface area contributed by atoms with Crippen LogP contribution in [0.1, 0.15) is 17.3 Å². The van der Waals surface area contributed by atoms with E-state index in [2.05, 4.69) is 4.99 Å². The molecule has 1 aromatic carbocycles. The average molecular weight is 484 g/mol. The second-order valence-electron chi connectivity index (χ2n) is 5.14. The number of thiazole rings is 1. The number of esters is 1. The minimum absolute atomic E-state index is 0.169. The molecule has 2 heterocycles. The van der Waals surface area contributed by atoms with Gasteiger partial charge in [-0.1, -0.05) is 57.7 Å². The molecule has 2 aromatic heterocycles. The Kier molecular flexibility index (Phi) is 6.50. The third-order valence-corrected chi connectivity index (χ3v) is 6.74. The lowest BCUT2D eigenvalue weighted by Gasteiger charge is -2.07. The summed E-state index contributed by atoms with van der Waals surface area (Å²) >= 11 is 26.6. The zero-order valence-electron chi connectivity index (χ0n) is 13.6. The van der Waals surface area contributed by atoms with Gasteiger partial charge in [-0.05, 0) is 25.1 Å². The molecule has 0 unspecified atom stereocenters. The van der Waals surface area contributed by atoms with E-state index >= 15 is 0 Å². The molecule has 3 aromatic rings. The highest BCUT2D eigenvalue weighted by Gasteiger charge is 2.18. The van der Waals surface area contributed by atoms with Crippen LogP contribution < -0.4 is 4.80 Å². The molecule has 0 saturated heterocycles. The first-order valence-electron chi connectivity index (χ1n) is 7.48. The van der Waals surface area contributed by atoms with Gasteiger partial charge in [0, 0.05) is 0 Å². The predicted octanol–water partition coefficient (Wildman–Crippen LogP) is 5.68. The minimum atomic E-state index is -0.575. The van der Waals surface area contributed by atoms with Gasteiger partial charge in [-0.15, -0.1) is 11.3 Å². The Morgan fingerprint density at radius 1 is 1.19 bits per heavy atom. The van der Waals surface area contributed by atoms with Crippen LogP contribution in [0, 0.1) is 0 Å². The fraction of sp³-hybridized carbons (Fsp3) is 0.188. The van der Waals surface area contributed by atoms with Gasteiger partial charge in [-0.25, -0.2) is 0 Å². The molecule has 0 fully saturated rings. The summed E-state index contributed by atoms with van der Waals surface area (Å²) in [6, 6.07) is 4.83. The van der Waals surface area contributed by atoms with E-state index in [1.807, 2.05) is 0 Å². The number of carbonyl (C=O) groups excluding carboxylic acids is 2. The highest BCUT2D eigenvalue weighted by molar-refractivity contribution is 7.20. The van der Waals surface area contributed by atoms with E-state index in [4.69, 9.17) is 51.1 Å². The van der Waals surface area contributed by atoms with E-state index in [1.165, 1.54) is 22.0 Å². The number of benzene rings is 1. The van der Waals surface area contributed by atoms with Crippen LogP contribution in [0.25, 0.3) is 10.2 Å². The van der Waals surface area contributed by atoms with Crippen LogP contribution in [-0.2, 0) is 16.1 Å². The zero-order chi connectivity index (χ0) is 19.7. The summed E-state index contributed by atoms with van der Waals surface area (Å²) in [4.78, 5) is 29.0. The molecule has 0 N–H and O–H groups in total. The van der Waals surface area contributed by atoms with E-state index in [1.54, 1.807) is 19.1 Å². The lowest BCUT2D eigenvalue weighted by molar-refractivity contribution is -0.143. The number of nitrogens with zero attached hydrogens (tertiary/aromatic N) is 2. The highest BCUT2D eigenvalue weighted by atomic mass is 35.5. The van der Waals surface area contributed by atoms with E-state index in [9.17, 15) is 9.59 Å². The van der Waals surface area contributed by atoms with Crippen molar-refractivity contribution in [3.8, 4) is 0 Å². The van der Waals surface area contributed by atoms with Crippen molar-refractivity contribution in [3.05, 3.63) is 47.3 Å². The number of hydrogen-bond donors (Lipinski definition) is 0. The first-order chi connectivity index (χ1) is 12.8. The number of thiophene rings is 1. The van der Waals surface area contributed by atoms with Crippen LogP contribution in [0.5, 0.6) is 0 Å². The molecular weight excluding hydrogens is 474 g/mol. The van der Waals surface area contributed by atoms with Gasteiger partial charge >= 0.3 is 5.97 Å². The standard InChI is InChI=1S/C16H10Cl4N2O3S2/c1-2-25-11(23)6-22-13-9(4-3-8(17)12(13)19)26-16(22)21-15(24)7-5-10(18)27-14(7)20/h3-5H,2,6H2,1H3. The van der Waals surface area contributed by atoms with Crippen molar-refractivity contribution in [2.45, 2.75) is 13.5 Å². The number of fused-ring (bicyclic) bond motifs is 1. The largest absolute Gasteiger partial charge is 0.465 e. The molecule has 0 atom stereocenters. The molecule has 1 amide bonds. The molecule has 0 radical (unpaired) electrons. The Bertz CT molecular complexity index is 1120. The van der Waals surface area contributed by atoms with Crippen molar-refractivity contribution < 1.29 is 14.3 Å². The van der Waals surface area contributed by atoms with Gasteiger partial charge in [0.25, 0.3) is 5.91 Å². The monoisotopic (exact) mass is 482 g/mol. The number of hydrogen-bond acceptors (Lipinski definition) is 5. The van der Waals surface area contributed by atoms with Gasteiger partial charge in [-0.3, -0.25) is 9.59 Å². The van der Waals surface area contributed by atoms with Gasteiger partial charge in [0.15, 0.2) is 4.80 Å². The molecule has 27 heavy (non-hydrogen) atoms. The van der Waals surface area contributed by atoms with Crippen LogP contribution >= 0.6 is 69.1 Å². The van der Waals surface area contributed by atoms with Crippen molar-refractivity contribution in [2.75, 3.05) is 6.61 Å². The summed E-state index contributed by atoms with van der Waals surface area (Å²) in [6.07, 6.45) is 0. The number of rotatable bonds is 4. The Morgan fingerprint density at radius 3 is 2.56 bits per heavy atom. The maximum Gasteiger partial charge on any atom is 0.326 e. The number of amides is 1. The molecule has 142 valence electrons. The van der Waals surface area contributed by atoms with Crippen molar-refractivity contribution >= 4 is 91.2 Å². The summed E-state index contributed by atoms with van der Waals surface area (Å²) in [7, 11) is 0. The molecular formula is C16H10Cl4N2O3S2. The summed E-state index contributed by atoms with van der Waals surface area (Å²) in [5.41, 5.74) is 0.694. The van der Waals surface area contributed by atoms with Crippen LogP contribution in [-0.4, -0.2) is 23.1 Å². The fourth-order valence-electron chi connectivity index (χ4n) is 2.30. The molecule has 0 aliphatic heterocycles. The van der Waals surface area contributed by atoms with Crippen molar-refractivity contribution in [1.82, 2.24) is 4.57 Å². The molecule has 0 saturated carbocycles. The third kappa shape index (κ3) is 4.34. The molecule has 3 rings (SSSR count). The van der Waals surface area contributed by atoms with Gasteiger partial charge < -0.3 is 9.30 Å². The lowest BCUT2D eigenvalue weighted by Crippen LogP contribution is -2.23. The second kappa shape index (κ2) is 8.51. The number of carbonyl (C=O) groups is 2. The van der Waals surface area contributed by atoms with E-state index in [0.717, 1.165) is 16.0 Å². The molecule has 0 bridgehead atoms. The maximum absolute atomic E-state index is 12.6. The van der Waals surface area contributed by atoms with Gasteiger partial charge in [0.1, 0.15) is 10.9 Å². The van der Waals surface area contributed by atoms with E-state index in [0.29, 0.717) is 14.9 Å². The minimum Gasteiger partial charge on any atom is -0.465 e. The quantitative estimate of drug-likeness (QED) is 0.448. The lowest BCUT2D eigenvalue weighted by atomic mass is 10.3. The topological polar surface area (TPSA) is 60.7 Å². The van der Waals surface area contributed by atoms with Crippen LogP contribution in [0.3, 0.4) is 0 Å². The second-order valence-corrected chi connectivity index (χ2v) is 9.22. The Labute approximate surface area is 181 Å². The smallest absolute Gasteiger partial charge is 0.326 e. The van der Waals surface area contributed by atoms with Crippen LogP contribution in [0.2, 0.25) is 18.7 Å². The first-order valence-corrected chi connectivity index (χ1v) is 10.6. The highest BCUT2D eigenvalue weighted by Crippen LogP contribution is 2.33. The number of halogens is 4. The molecule has 0 spiro atoms. The Hall–Kier alpha value is -1.09. The Balaban J connectivity index is 2.19.